The highest BCUT2D eigenvalue weighted by molar-refractivity contribution is 6.30. The normalized spacial score (nSPS) is 11.9. The molecule has 1 N–H and O–H groups in total. The molecule has 0 saturated heterocycles. The minimum absolute atomic E-state index is 0.154. The van der Waals surface area contributed by atoms with E-state index in [2.05, 4.69) is 20.3 Å². The lowest BCUT2D eigenvalue weighted by atomic mass is 10.00. The molecule has 4 aromatic heterocycles. The first-order chi connectivity index (χ1) is 16.6. The number of nitrogens with zero attached hydrogens (tertiary/aromatic N) is 6. The Morgan fingerprint density at radius 1 is 1.03 bits per heavy atom. The van der Waals surface area contributed by atoms with Crippen molar-refractivity contribution in [2.45, 2.75) is 12.7 Å². The summed E-state index contributed by atoms with van der Waals surface area (Å²) in [6, 6.07) is 10.3. The van der Waals surface area contributed by atoms with Crippen LogP contribution in [0.1, 0.15) is 11.3 Å². The van der Waals surface area contributed by atoms with Crippen LogP contribution in [0.5, 0.6) is 0 Å². The molecule has 35 heavy (non-hydrogen) atoms. The van der Waals surface area contributed by atoms with Crippen molar-refractivity contribution in [3.8, 4) is 22.4 Å². The average Bonchev–Trinajstić information content (AvgIpc) is 3.45. The fourth-order valence-electron chi connectivity index (χ4n) is 3.79. The van der Waals surface area contributed by atoms with Crippen molar-refractivity contribution < 1.29 is 13.2 Å². The van der Waals surface area contributed by atoms with Gasteiger partial charge in [0, 0.05) is 24.5 Å². The molecule has 178 valence electrons. The maximum atomic E-state index is 13.4. The van der Waals surface area contributed by atoms with Crippen molar-refractivity contribution in [3.63, 3.8) is 0 Å². The first-order valence-corrected chi connectivity index (χ1v) is 10.5. The van der Waals surface area contributed by atoms with Gasteiger partial charge in [0.1, 0.15) is 5.69 Å². The highest BCUT2D eigenvalue weighted by atomic mass is 35.5. The second-order valence-corrected chi connectivity index (χ2v) is 8.12. The van der Waals surface area contributed by atoms with Crippen LogP contribution in [-0.4, -0.2) is 34.2 Å². The maximum absolute atomic E-state index is 13.4. The summed E-state index contributed by atoms with van der Waals surface area (Å²) >= 11 is 6.01. The van der Waals surface area contributed by atoms with E-state index < -0.39 is 23.1 Å². The van der Waals surface area contributed by atoms with E-state index in [0.717, 1.165) is 26.1 Å². The average molecular weight is 502 g/mol. The van der Waals surface area contributed by atoms with Gasteiger partial charge in [-0.05, 0) is 35.4 Å². The molecular formula is C22H15ClF3N7O2. The fraction of sp³-hybridized carbons (Fsp3) is 0.136. The predicted molar refractivity (Wildman–Crippen MR) is 121 cm³/mol. The summed E-state index contributed by atoms with van der Waals surface area (Å²) in [7, 11) is 1.43. The van der Waals surface area contributed by atoms with E-state index in [0.29, 0.717) is 27.4 Å². The number of halogens is 4. The van der Waals surface area contributed by atoms with Gasteiger partial charge in [0.05, 0.1) is 23.4 Å². The van der Waals surface area contributed by atoms with E-state index in [1.165, 1.54) is 19.3 Å². The Morgan fingerprint density at radius 2 is 1.77 bits per heavy atom. The Hall–Kier alpha value is -4.19. The maximum Gasteiger partial charge on any atom is 0.433 e. The van der Waals surface area contributed by atoms with Crippen LogP contribution >= 0.6 is 11.6 Å². The summed E-state index contributed by atoms with van der Waals surface area (Å²) in [4.78, 5) is 30.1. The fourth-order valence-corrected chi connectivity index (χ4v) is 3.92. The molecule has 1 aromatic carbocycles. The zero-order valence-electron chi connectivity index (χ0n) is 17.9. The number of fused-ring (bicyclic) bond motifs is 1. The lowest BCUT2D eigenvalue weighted by molar-refractivity contribution is -0.141. The Labute approximate surface area is 199 Å². The van der Waals surface area contributed by atoms with Crippen LogP contribution in [0.4, 0.5) is 13.2 Å². The largest absolute Gasteiger partial charge is 0.433 e. The van der Waals surface area contributed by atoms with Crippen LogP contribution in [0.2, 0.25) is 5.02 Å². The first kappa shape index (κ1) is 22.6. The van der Waals surface area contributed by atoms with Crippen LogP contribution in [0, 0.1) is 0 Å². The summed E-state index contributed by atoms with van der Waals surface area (Å²) in [5, 5.41) is 11.7. The van der Waals surface area contributed by atoms with Gasteiger partial charge >= 0.3 is 11.9 Å². The molecule has 0 aliphatic carbocycles. The number of benzene rings is 1. The lowest BCUT2D eigenvalue weighted by Crippen LogP contribution is -2.33. The Morgan fingerprint density at radius 3 is 2.37 bits per heavy atom. The smallest absolute Gasteiger partial charge is 0.278 e. The van der Waals surface area contributed by atoms with Crippen molar-refractivity contribution in [1.82, 2.24) is 34.2 Å². The third-order valence-corrected chi connectivity index (χ3v) is 5.70. The van der Waals surface area contributed by atoms with Gasteiger partial charge in [-0.1, -0.05) is 29.8 Å². The highest BCUT2D eigenvalue weighted by Crippen LogP contribution is 2.31. The minimum atomic E-state index is -4.58. The number of alkyl halides is 3. The van der Waals surface area contributed by atoms with Gasteiger partial charge in [0.25, 0.3) is 5.56 Å². The highest BCUT2D eigenvalue weighted by Gasteiger charge is 2.32. The molecule has 0 unspecified atom stereocenters. The van der Waals surface area contributed by atoms with Crippen LogP contribution < -0.4 is 11.2 Å². The quantitative estimate of drug-likeness (QED) is 0.407. The van der Waals surface area contributed by atoms with E-state index in [-0.39, 0.29) is 17.8 Å². The second-order valence-electron chi connectivity index (χ2n) is 7.68. The van der Waals surface area contributed by atoms with Gasteiger partial charge in [-0.2, -0.15) is 22.8 Å². The topological polar surface area (TPSA) is 103 Å². The SMILES string of the molecule is Cn1c(=O)c(-c2ccc(Cl)cc2)c(-c2ccn[nH]2)c2nn(Cc3ccc(C(F)(F)F)nc3)c(=O)n21. The van der Waals surface area contributed by atoms with Gasteiger partial charge in [-0.3, -0.25) is 14.9 Å². The number of aromatic amines is 1. The summed E-state index contributed by atoms with van der Waals surface area (Å²) in [5.41, 5.74) is -0.0587. The van der Waals surface area contributed by atoms with Crippen molar-refractivity contribution in [2.75, 3.05) is 0 Å². The van der Waals surface area contributed by atoms with E-state index in [9.17, 15) is 22.8 Å². The molecule has 5 rings (SSSR count). The molecular weight excluding hydrogens is 487 g/mol. The Balaban J connectivity index is 1.73. The van der Waals surface area contributed by atoms with Gasteiger partial charge in [-0.25, -0.2) is 14.2 Å². The summed E-state index contributed by atoms with van der Waals surface area (Å²) < 4.78 is 41.8. The van der Waals surface area contributed by atoms with E-state index >= 15 is 0 Å². The number of nitrogens with one attached hydrogen (secondary N) is 1. The van der Waals surface area contributed by atoms with E-state index in [1.807, 2.05) is 0 Å². The van der Waals surface area contributed by atoms with Crippen molar-refractivity contribution >= 4 is 17.2 Å². The summed E-state index contributed by atoms with van der Waals surface area (Å²) in [5.74, 6) is 0. The van der Waals surface area contributed by atoms with Crippen LogP contribution in [0.3, 0.4) is 0 Å². The minimum Gasteiger partial charge on any atom is -0.278 e. The summed E-state index contributed by atoms with van der Waals surface area (Å²) in [6.07, 6.45) is -2.04. The zero-order valence-corrected chi connectivity index (χ0v) is 18.7. The molecule has 0 bridgehead atoms. The van der Waals surface area contributed by atoms with Crippen molar-refractivity contribution in [1.29, 1.82) is 0 Å². The van der Waals surface area contributed by atoms with Gasteiger partial charge in [0.2, 0.25) is 0 Å². The van der Waals surface area contributed by atoms with Gasteiger partial charge in [-0.15, -0.1) is 5.10 Å². The molecule has 0 radical (unpaired) electrons. The molecule has 0 saturated carbocycles. The molecule has 13 heteroatoms. The number of H-pyrrole nitrogens is 1. The van der Waals surface area contributed by atoms with Crippen LogP contribution in [0.15, 0.2) is 64.4 Å². The van der Waals surface area contributed by atoms with Crippen molar-refractivity contribution in [2.24, 2.45) is 7.05 Å². The molecule has 0 aliphatic rings. The number of rotatable bonds is 4. The Bertz CT molecular complexity index is 1650. The number of aryl methyl sites for hydroxylation is 1. The van der Waals surface area contributed by atoms with Crippen molar-refractivity contribution in [3.05, 3.63) is 92.0 Å². The lowest BCUT2D eigenvalue weighted by Gasteiger charge is -2.12. The number of aromatic nitrogens is 7. The Kier molecular flexibility index (Phi) is 5.32. The van der Waals surface area contributed by atoms with Gasteiger partial charge < -0.3 is 0 Å². The van der Waals surface area contributed by atoms with E-state index in [1.54, 1.807) is 30.3 Å². The zero-order chi connectivity index (χ0) is 24.9. The third-order valence-electron chi connectivity index (χ3n) is 5.45. The number of hydrogen-bond acceptors (Lipinski definition) is 5. The molecule has 0 fully saturated rings. The predicted octanol–water partition coefficient (Wildman–Crippen LogP) is 3.37. The summed E-state index contributed by atoms with van der Waals surface area (Å²) in [6.45, 7) is -0.154. The number of pyridine rings is 1. The molecule has 0 amide bonds. The first-order valence-electron chi connectivity index (χ1n) is 10.2. The molecule has 5 aromatic rings. The molecule has 0 atom stereocenters. The standard InChI is InChI=1S/C22H15ClF3N7O2/c1-31-20(34)17(13-3-5-14(23)6-4-13)18(15-8-9-28-29-15)19-30-32(21(35)33(19)31)11-12-2-7-16(27-10-12)22(24,25)26/h2-10H,11H2,1H3,(H,28,29). The van der Waals surface area contributed by atoms with Crippen LogP contribution in [0.25, 0.3) is 28.0 Å². The molecule has 4 heterocycles. The monoisotopic (exact) mass is 501 g/mol. The van der Waals surface area contributed by atoms with Crippen LogP contribution in [-0.2, 0) is 19.8 Å². The third kappa shape index (κ3) is 3.91. The molecule has 0 aliphatic heterocycles. The van der Waals surface area contributed by atoms with Gasteiger partial charge in [0.15, 0.2) is 5.65 Å². The molecule has 9 nitrogen and oxygen atoms in total. The molecule has 0 spiro atoms. The second kappa shape index (κ2) is 8.24. The number of hydrogen-bond donors (Lipinski definition) is 1. The van der Waals surface area contributed by atoms with E-state index in [4.69, 9.17) is 11.6 Å².